The van der Waals surface area contributed by atoms with Gasteiger partial charge in [0.25, 0.3) is 0 Å². The second-order valence-corrected chi connectivity index (χ2v) is 5.83. The quantitative estimate of drug-likeness (QED) is 0.632. The SMILES string of the molecule is [O-][N+]1(c2cc(Cl)ccc2O)CCN(c2ccc(C(F)(F)F)cc2)N1. The molecule has 24 heavy (non-hydrogen) atoms. The summed E-state index contributed by atoms with van der Waals surface area (Å²) in [6.07, 6.45) is -4.41. The maximum atomic E-state index is 12.9. The van der Waals surface area contributed by atoms with E-state index in [4.69, 9.17) is 11.6 Å². The van der Waals surface area contributed by atoms with E-state index < -0.39 is 16.5 Å². The summed E-state index contributed by atoms with van der Waals surface area (Å²) in [5.41, 5.74) is 2.33. The standard InChI is InChI=1S/C15H13ClF3N3O2/c16-11-3-6-14(23)13(9-11)22(24)8-7-21(20-22)12-4-1-10(2-5-12)15(17,18)19/h1-6,9,20,23H,7-8H2. The molecule has 0 bridgehead atoms. The third kappa shape index (κ3) is 3.13. The predicted octanol–water partition coefficient (Wildman–Crippen LogP) is 3.81. The number of aromatic hydroxyl groups is 1. The van der Waals surface area contributed by atoms with Crippen molar-refractivity contribution in [3.05, 3.63) is 58.3 Å². The molecule has 128 valence electrons. The molecule has 2 N–H and O–H groups in total. The van der Waals surface area contributed by atoms with Crippen LogP contribution < -0.4 is 15.3 Å². The first kappa shape index (κ1) is 16.8. The molecule has 1 aliphatic heterocycles. The maximum absolute atomic E-state index is 12.9. The van der Waals surface area contributed by atoms with Gasteiger partial charge in [0.1, 0.15) is 6.54 Å². The molecule has 2 aromatic carbocycles. The third-order valence-corrected chi connectivity index (χ3v) is 3.99. The minimum absolute atomic E-state index is 0.0388. The van der Waals surface area contributed by atoms with Gasteiger partial charge in [-0.1, -0.05) is 17.1 Å². The van der Waals surface area contributed by atoms with Gasteiger partial charge in [0, 0.05) is 11.1 Å². The van der Waals surface area contributed by atoms with Gasteiger partial charge in [-0.05, 0) is 36.4 Å². The molecule has 0 saturated carbocycles. The van der Waals surface area contributed by atoms with Gasteiger partial charge in [0.2, 0.25) is 0 Å². The highest BCUT2D eigenvalue weighted by Crippen LogP contribution is 2.36. The first-order valence-electron chi connectivity index (χ1n) is 7.00. The maximum Gasteiger partial charge on any atom is 0.416 e. The summed E-state index contributed by atoms with van der Waals surface area (Å²) in [5.74, 6) is -0.212. The number of anilines is 1. The van der Waals surface area contributed by atoms with E-state index in [1.54, 1.807) is 0 Å². The molecule has 9 heteroatoms. The number of hydrazine groups is 1. The highest BCUT2D eigenvalue weighted by atomic mass is 35.5. The zero-order valence-electron chi connectivity index (χ0n) is 12.2. The molecule has 0 aliphatic carbocycles. The molecule has 1 aliphatic rings. The van der Waals surface area contributed by atoms with Crippen molar-refractivity contribution in [3.63, 3.8) is 0 Å². The van der Waals surface area contributed by atoms with E-state index in [9.17, 15) is 23.5 Å². The van der Waals surface area contributed by atoms with E-state index in [2.05, 4.69) is 5.53 Å². The first-order chi connectivity index (χ1) is 11.2. The molecule has 3 rings (SSSR count). The Labute approximate surface area is 140 Å². The molecule has 1 unspecified atom stereocenters. The van der Waals surface area contributed by atoms with Crippen LogP contribution in [0.5, 0.6) is 5.75 Å². The lowest BCUT2D eigenvalue weighted by atomic mass is 10.2. The van der Waals surface area contributed by atoms with Crippen LogP contribution in [0.4, 0.5) is 24.5 Å². The van der Waals surface area contributed by atoms with Crippen LogP contribution in [0.1, 0.15) is 5.56 Å². The average Bonchev–Trinajstić information content (AvgIpc) is 2.92. The van der Waals surface area contributed by atoms with Crippen molar-refractivity contribution in [1.29, 1.82) is 0 Å². The molecule has 1 fully saturated rings. The molecule has 1 heterocycles. The van der Waals surface area contributed by atoms with Crippen LogP contribution in [0.25, 0.3) is 0 Å². The molecule has 5 nitrogen and oxygen atoms in total. The number of hydroxylamine groups is 1. The summed E-state index contributed by atoms with van der Waals surface area (Å²) in [6.45, 7) is 0.301. The zero-order chi connectivity index (χ0) is 17.5. The van der Waals surface area contributed by atoms with Crippen LogP contribution in [0, 0.1) is 5.21 Å². The predicted molar refractivity (Wildman–Crippen MR) is 85.1 cm³/mol. The van der Waals surface area contributed by atoms with Crippen molar-refractivity contribution in [1.82, 2.24) is 10.3 Å². The summed E-state index contributed by atoms with van der Waals surface area (Å²) in [5, 5.41) is 24.5. The van der Waals surface area contributed by atoms with E-state index in [1.807, 2.05) is 0 Å². The highest BCUT2D eigenvalue weighted by Gasteiger charge is 2.35. The minimum atomic E-state index is -4.41. The van der Waals surface area contributed by atoms with E-state index in [1.165, 1.54) is 35.3 Å². The minimum Gasteiger partial charge on any atom is -0.605 e. The van der Waals surface area contributed by atoms with Crippen molar-refractivity contribution < 1.29 is 18.3 Å². The summed E-state index contributed by atoms with van der Waals surface area (Å²) in [7, 11) is 0. The Morgan fingerprint density at radius 1 is 1.17 bits per heavy atom. The van der Waals surface area contributed by atoms with Crippen LogP contribution in [-0.4, -0.2) is 18.2 Å². The Morgan fingerprint density at radius 2 is 1.83 bits per heavy atom. The van der Waals surface area contributed by atoms with Gasteiger partial charge in [0.15, 0.2) is 11.4 Å². The molecule has 2 aromatic rings. The number of halogens is 4. The number of hydrogen-bond donors (Lipinski definition) is 2. The third-order valence-electron chi connectivity index (χ3n) is 3.75. The van der Waals surface area contributed by atoms with E-state index in [0.717, 1.165) is 12.1 Å². The van der Waals surface area contributed by atoms with Gasteiger partial charge in [-0.25, -0.2) is 4.76 Å². The molecule has 0 amide bonds. The monoisotopic (exact) mass is 359 g/mol. The summed E-state index contributed by atoms with van der Waals surface area (Å²) in [4.78, 5) is 0. The molecule has 0 spiro atoms. The smallest absolute Gasteiger partial charge is 0.416 e. The van der Waals surface area contributed by atoms with Crippen molar-refractivity contribution in [3.8, 4) is 5.75 Å². The Kier molecular flexibility index (Phi) is 4.08. The molecule has 1 saturated heterocycles. The Balaban J connectivity index is 1.83. The van der Waals surface area contributed by atoms with Gasteiger partial charge < -0.3 is 10.3 Å². The summed E-state index contributed by atoms with van der Waals surface area (Å²) in [6, 6.07) is 8.59. The van der Waals surface area contributed by atoms with Gasteiger partial charge in [-0.3, -0.25) is 5.01 Å². The van der Waals surface area contributed by atoms with E-state index >= 15 is 0 Å². The number of quaternary nitrogens is 1. The van der Waals surface area contributed by atoms with Crippen molar-refractivity contribution in [2.45, 2.75) is 6.18 Å². The van der Waals surface area contributed by atoms with Crippen LogP contribution in [0.2, 0.25) is 5.02 Å². The number of phenolic OH excluding ortho intramolecular Hbond substituents is 1. The molecule has 1 atom stereocenters. The normalized spacial score (nSPS) is 21.3. The number of rotatable bonds is 2. The Bertz CT molecular complexity index is 755. The van der Waals surface area contributed by atoms with Crippen LogP contribution in [-0.2, 0) is 6.18 Å². The molecule has 0 aromatic heterocycles. The van der Waals surface area contributed by atoms with Crippen LogP contribution in [0.3, 0.4) is 0 Å². The fourth-order valence-corrected chi connectivity index (χ4v) is 2.68. The lowest BCUT2D eigenvalue weighted by Gasteiger charge is -2.36. The van der Waals surface area contributed by atoms with Crippen molar-refractivity contribution in [2.24, 2.45) is 0 Å². The lowest BCUT2D eigenvalue weighted by molar-refractivity contribution is -0.137. The number of phenols is 1. The fourth-order valence-electron chi connectivity index (χ4n) is 2.51. The summed E-state index contributed by atoms with van der Waals surface area (Å²) >= 11 is 5.86. The van der Waals surface area contributed by atoms with Crippen molar-refractivity contribution >= 4 is 23.0 Å². The van der Waals surface area contributed by atoms with E-state index in [0.29, 0.717) is 10.7 Å². The largest absolute Gasteiger partial charge is 0.605 e. The van der Waals surface area contributed by atoms with Crippen molar-refractivity contribution in [2.75, 3.05) is 18.1 Å². The Hall–Kier alpha value is -2.00. The molecular weight excluding hydrogens is 347 g/mol. The molecule has 0 radical (unpaired) electrons. The van der Waals surface area contributed by atoms with E-state index in [-0.39, 0.29) is 24.5 Å². The second-order valence-electron chi connectivity index (χ2n) is 5.39. The van der Waals surface area contributed by atoms with Gasteiger partial charge in [-0.2, -0.15) is 13.2 Å². The number of nitrogens with one attached hydrogen (secondary N) is 1. The first-order valence-corrected chi connectivity index (χ1v) is 7.38. The Morgan fingerprint density at radius 3 is 2.46 bits per heavy atom. The molecular formula is C15H13ClF3N3O2. The zero-order valence-corrected chi connectivity index (χ0v) is 13.0. The number of nitrogens with zero attached hydrogens (tertiary/aromatic N) is 2. The average molecular weight is 360 g/mol. The number of hydrogen-bond acceptors (Lipinski definition) is 4. The van der Waals surface area contributed by atoms with Gasteiger partial charge >= 0.3 is 6.18 Å². The number of benzene rings is 2. The van der Waals surface area contributed by atoms with Crippen LogP contribution >= 0.6 is 11.6 Å². The topological polar surface area (TPSA) is 58.6 Å². The van der Waals surface area contributed by atoms with Gasteiger partial charge in [-0.15, -0.1) is 0 Å². The summed E-state index contributed by atoms with van der Waals surface area (Å²) < 4.78 is 36.7. The lowest BCUT2D eigenvalue weighted by Crippen LogP contribution is -2.53. The van der Waals surface area contributed by atoms with Gasteiger partial charge in [0.05, 0.1) is 17.8 Å². The fraction of sp³-hybridized carbons (Fsp3) is 0.200. The second kappa shape index (κ2) is 5.82. The highest BCUT2D eigenvalue weighted by molar-refractivity contribution is 6.30. The van der Waals surface area contributed by atoms with Crippen LogP contribution in [0.15, 0.2) is 42.5 Å². The number of alkyl halides is 3.